The van der Waals surface area contributed by atoms with E-state index in [0.717, 1.165) is 6.92 Å². The molecule has 0 aliphatic carbocycles. The maximum absolute atomic E-state index is 12.4. The van der Waals surface area contributed by atoms with Crippen molar-refractivity contribution in [2.75, 3.05) is 0 Å². The van der Waals surface area contributed by atoms with E-state index in [1.165, 1.54) is 0 Å². The Morgan fingerprint density at radius 3 is 1.57 bits per heavy atom. The van der Waals surface area contributed by atoms with Crippen LogP contribution in [0.5, 0.6) is 0 Å². The molecule has 0 atom stereocenters. The second kappa shape index (κ2) is 3.32. The van der Waals surface area contributed by atoms with Gasteiger partial charge in [-0.2, -0.15) is 30.7 Å². The van der Waals surface area contributed by atoms with Crippen LogP contribution in [0.2, 0.25) is 0 Å². The van der Waals surface area contributed by atoms with E-state index in [-0.39, 0.29) is 0 Å². The summed E-state index contributed by atoms with van der Waals surface area (Å²) in [6.45, 7) is 0.829. The minimum absolute atomic E-state index is 0.291. The van der Waals surface area contributed by atoms with Crippen LogP contribution in [0.3, 0.4) is 0 Å². The van der Waals surface area contributed by atoms with Crippen molar-refractivity contribution < 1.29 is 30.7 Å². The molecule has 0 spiro atoms. The lowest BCUT2D eigenvalue weighted by atomic mass is 10.1. The van der Waals surface area contributed by atoms with Crippen LogP contribution in [0, 0.1) is 0 Å². The third kappa shape index (κ3) is 1.78. The maximum Gasteiger partial charge on any atom is 0.460 e. The molecular formula is C6H6F7N. The molecule has 0 heterocycles. The summed E-state index contributed by atoms with van der Waals surface area (Å²) < 4.78 is 83.7. The Labute approximate surface area is 74.4 Å². The largest absolute Gasteiger partial charge is 0.460 e. The van der Waals surface area contributed by atoms with Gasteiger partial charge in [0.1, 0.15) is 0 Å². The molecule has 0 saturated heterocycles. The van der Waals surface area contributed by atoms with Gasteiger partial charge in [0.2, 0.25) is 0 Å². The molecule has 1 nitrogen and oxygen atoms in total. The number of alkyl halides is 7. The zero-order chi connectivity index (χ0) is 11.8. The molecule has 0 bridgehead atoms. The van der Waals surface area contributed by atoms with Crippen LogP contribution < -0.4 is 5.73 Å². The second-order valence-electron chi connectivity index (χ2n) is 2.39. The van der Waals surface area contributed by atoms with Crippen LogP contribution >= 0.6 is 0 Å². The van der Waals surface area contributed by atoms with Crippen molar-refractivity contribution in [3.05, 3.63) is 11.8 Å². The molecule has 2 N–H and O–H groups in total. The van der Waals surface area contributed by atoms with Crippen molar-refractivity contribution in [2.45, 2.75) is 24.9 Å². The average molecular weight is 225 g/mol. The fraction of sp³-hybridized carbons (Fsp3) is 0.667. The lowest BCUT2D eigenvalue weighted by Crippen LogP contribution is -2.54. The number of hydrogen-bond donors (Lipinski definition) is 1. The standard InChI is InChI=1S/C6H6F7N/c1-2-3(14)4(7,8)5(9,10)6(11,12)13/h2H,14H2,1H3. The zero-order valence-corrected chi connectivity index (χ0v) is 6.80. The van der Waals surface area contributed by atoms with Crippen molar-refractivity contribution in [2.24, 2.45) is 5.73 Å². The average Bonchev–Trinajstić information content (AvgIpc) is 2.00. The number of allylic oxidation sites excluding steroid dienone is 2. The van der Waals surface area contributed by atoms with E-state index in [9.17, 15) is 30.7 Å². The first-order chi connectivity index (χ1) is 5.98. The van der Waals surface area contributed by atoms with Crippen molar-refractivity contribution in [1.29, 1.82) is 0 Å². The lowest BCUT2D eigenvalue weighted by molar-refractivity contribution is -0.344. The zero-order valence-electron chi connectivity index (χ0n) is 6.80. The molecule has 0 fully saturated rings. The highest BCUT2D eigenvalue weighted by atomic mass is 19.4. The highest BCUT2D eigenvalue weighted by Crippen LogP contribution is 2.48. The molecule has 0 rings (SSSR count). The van der Waals surface area contributed by atoms with Crippen LogP contribution in [-0.4, -0.2) is 18.0 Å². The van der Waals surface area contributed by atoms with Crippen LogP contribution in [-0.2, 0) is 0 Å². The van der Waals surface area contributed by atoms with Crippen LogP contribution in [0.25, 0.3) is 0 Å². The topological polar surface area (TPSA) is 26.0 Å². The van der Waals surface area contributed by atoms with E-state index in [4.69, 9.17) is 0 Å². The van der Waals surface area contributed by atoms with Crippen LogP contribution in [0.1, 0.15) is 6.92 Å². The first kappa shape index (κ1) is 13.0. The molecule has 0 aliphatic rings. The second-order valence-corrected chi connectivity index (χ2v) is 2.39. The molecule has 0 aliphatic heterocycles. The minimum Gasteiger partial charge on any atom is -0.397 e. The van der Waals surface area contributed by atoms with E-state index in [1.807, 2.05) is 0 Å². The Morgan fingerprint density at radius 1 is 1.00 bits per heavy atom. The van der Waals surface area contributed by atoms with Crippen LogP contribution in [0.4, 0.5) is 30.7 Å². The van der Waals surface area contributed by atoms with Crippen molar-refractivity contribution >= 4 is 0 Å². The predicted molar refractivity (Wildman–Crippen MR) is 33.9 cm³/mol. The van der Waals surface area contributed by atoms with Gasteiger partial charge in [-0.15, -0.1) is 0 Å². The van der Waals surface area contributed by atoms with Gasteiger partial charge in [-0.05, 0) is 6.92 Å². The van der Waals surface area contributed by atoms with Gasteiger partial charge in [0.15, 0.2) is 0 Å². The SMILES string of the molecule is CC=C(N)C(F)(F)C(F)(F)C(F)(F)F. The Kier molecular flexibility index (Phi) is 3.10. The summed E-state index contributed by atoms with van der Waals surface area (Å²) in [6.07, 6.45) is -6.05. The molecule has 0 aromatic carbocycles. The first-order valence-corrected chi connectivity index (χ1v) is 3.23. The fourth-order valence-corrected chi connectivity index (χ4v) is 0.541. The Hall–Kier alpha value is -0.950. The van der Waals surface area contributed by atoms with Crippen molar-refractivity contribution in [3.63, 3.8) is 0 Å². The van der Waals surface area contributed by atoms with Gasteiger partial charge in [0, 0.05) is 0 Å². The molecule has 0 radical (unpaired) electrons. The number of nitrogens with two attached hydrogens (primary N) is 1. The summed E-state index contributed by atoms with van der Waals surface area (Å²) in [6, 6.07) is 0. The van der Waals surface area contributed by atoms with E-state index >= 15 is 0 Å². The highest BCUT2D eigenvalue weighted by molar-refractivity contribution is 5.14. The van der Waals surface area contributed by atoms with Gasteiger partial charge < -0.3 is 5.73 Å². The van der Waals surface area contributed by atoms with Crippen molar-refractivity contribution in [3.8, 4) is 0 Å². The summed E-state index contributed by atoms with van der Waals surface area (Å²) in [4.78, 5) is 0. The minimum atomic E-state index is -6.34. The van der Waals surface area contributed by atoms with E-state index < -0.39 is 23.7 Å². The summed E-state index contributed by atoms with van der Waals surface area (Å²) in [5.41, 5.74) is 2.55. The molecule has 0 saturated carbocycles. The molecule has 84 valence electrons. The van der Waals surface area contributed by atoms with Gasteiger partial charge >= 0.3 is 18.0 Å². The molecule has 0 aromatic heterocycles. The summed E-state index contributed by atoms with van der Waals surface area (Å²) in [5, 5.41) is 0. The predicted octanol–water partition coefficient (Wildman–Crippen LogP) is 2.68. The third-order valence-corrected chi connectivity index (χ3v) is 1.42. The Morgan fingerprint density at radius 2 is 1.36 bits per heavy atom. The molecule has 0 aromatic rings. The van der Waals surface area contributed by atoms with Gasteiger partial charge in [-0.3, -0.25) is 0 Å². The molecule has 8 heteroatoms. The summed E-state index contributed by atoms with van der Waals surface area (Å²) >= 11 is 0. The lowest BCUT2D eigenvalue weighted by Gasteiger charge is -2.28. The molecule has 0 unspecified atom stereocenters. The Bertz CT molecular complexity index is 239. The van der Waals surface area contributed by atoms with Gasteiger partial charge in [-0.1, -0.05) is 6.08 Å². The van der Waals surface area contributed by atoms with E-state index in [1.54, 1.807) is 0 Å². The monoisotopic (exact) mass is 225 g/mol. The van der Waals surface area contributed by atoms with Crippen molar-refractivity contribution in [1.82, 2.24) is 0 Å². The van der Waals surface area contributed by atoms with Crippen LogP contribution in [0.15, 0.2) is 11.8 Å². The van der Waals surface area contributed by atoms with E-state index in [2.05, 4.69) is 5.73 Å². The molecule has 14 heavy (non-hydrogen) atoms. The quantitative estimate of drug-likeness (QED) is 0.718. The van der Waals surface area contributed by atoms with Gasteiger partial charge in [0.05, 0.1) is 5.70 Å². The van der Waals surface area contributed by atoms with Gasteiger partial charge in [0.25, 0.3) is 0 Å². The fourth-order valence-electron chi connectivity index (χ4n) is 0.541. The third-order valence-electron chi connectivity index (χ3n) is 1.42. The highest BCUT2D eigenvalue weighted by Gasteiger charge is 2.73. The smallest absolute Gasteiger partial charge is 0.397 e. The number of rotatable bonds is 2. The molecular weight excluding hydrogens is 219 g/mol. The maximum atomic E-state index is 12.4. The Balaban J connectivity index is 5.29. The van der Waals surface area contributed by atoms with Gasteiger partial charge in [-0.25, -0.2) is 0 Å². The first-order valence-electron chi connectivity index (χ1n) is 3.23. The number of hydrogen-bond acceptors (Lipinski definition) is 1. The summed E-state index contributed by atoms with van der Waals surface area (Å²) in [5.74, 6) is -11.6. The summed E-state index contributed by atoms with van der Waals surface area (Å²) in [7, 11) is 0. The molecule has 0 amide bonds. The van der Waals surface area contributed by atoms with E-state index in [0.29, 0.717) is 6.08 Å². The normalized spacial score (nSPS) is 15.9. The number of halogens is 7.